The molecule has 0 saturated carbocycles. The van der Waals surface area contributed by atoms with Gasteiger partial charge in [0.1, 0.15) is 0 Å². The van der Waals surface area contributed by atoms with E-state index < -0.39 is 0 Å². The second-order valence-electron chi connectivity index (χ2n) is 5.39. The fourth-order valence-electron chi connectivity index (χ4n) is 2.68. The summed E-state index contributed by atoms with van der Waals surface area (Å²) in [6.07, 6.45) is 3.89. The number of aromatic nitrogens is 1. The lowest BCUT2D eigenvalue weighted by Gasteiger charge is -2.36. The van der Waals surface area contributed by atoms with Gasteiger partial charge in [0.15, 0.2) is 0 Å². The minimum Gasteiger partial charge on any atom is -0.368 e. The summed E-state index contributed by atoms with van der Waals surface area (Å²) in [5.41, 5.74) is 2.08. The molecule has 22 heavy (non-hydrogen) atoms. The molecule has 5 heteroatoms. The molecule has 0 aliphatic carbocycles. The highest BCUT2D eigenvalue weighted by molar-refractivity contribution is 6.30. The summed E-state index contributed by atoms with van der Waals surface area (Å²) in [6, 6.07) is 11.6. The lowest BCUT2D eigenvalue weighted by molar-refractivity contribution is -0.130. The number of halogens is 1. The minimum absolute atomic E-state index is 0.166. The molecule has 3 rings (SSSR count). The number of rotatable bonds is 3. The Balaban J connectivity index is 1.56. The maximum Gasteiger partial charge on any atom is 0.227 e. The standard InChI is InChI=1S/C17H18ClN3O/c18-15-4-1-5-16(12-15)20-7-9-21(10-8-20)17(22)11-14-3-2-6-19-13-14/h1-6,12-13H,7-11H2. The van der Waals surface area contributed by atoms with Crippen molar-refractivity contribution in [1.82, 2.24) is 9.88 Å². The molecule has 0 radical (unpaired) electrons. The van der Waals surface area contributed by atoms with E-state index in [1.165, 1.54) is 0 Å². The van der Waals surface area contributed by atoms with Gasteiger partial charge in [-0.2, -0.15) is 0 Å². The van der Waals surface area contributed by atoms with Crippen LogP contribution >= 0.6 is 11.6 Å². The molecule has 0 bridgehead atoms. The quantitative estimate of drug-likeness (QED) is 0.873. The highest BCUT2D eigenvalue weighted by atomic mass is 35.5. The molecule has 114 valence electrons. The maximum absolute atomic E-state index is 12.3. The van der Waals surface area contributed by atoms with Gasteiger partial charge in [0.2, 0.25) is 5.91 Å². The lowest BCUT2D eigenvalue weighted by Crippen LogP contribution is -2.49. The van der Waals surface area contributed by atoms with Crippen LogP contribution in [0, 0.1) is 0 Å². The van der Waals surface area contributed by atoms with Gasteiger partial charge in [-0.15, -0.1) is 0 Å². The molecule has 1 amide bonds. The Hall–Kier alpha value is -2.07. The van der Waals surface area contributed by atoms with Gasteiger partial charge in [-0.05, 0) is 29.8 Å². The summed E-state index contributed by atoms with van der Waals surface area (Å²) in [7, 11) is 0. The van der Waals surface area contributed by atoms with Gasteiger partial charge in [-0.1, -0.05) is 23.7 Å². The Morgan fingerprint density at radius 1 is 1.14 bits per heavy atom. The van der Waals surface area contributed by atoms with E-state index >= 15 is 0 Å². The van der Waals surface area contributed by atoms with E-state index in [4.69, 9.17) is 11.6 Å². The molecule has 2 aromatic rings. The summed E-state index contributed by atoms with van der Waals surface area (Å²) in [5.74, 6) is 0.166. The molecule has 0 N–H and O–H groups in total. The number of carbonyl (C=O) groups is 1. The molecule has 0 atom stereocenters. The third kappa shape index (κ3) is 3.57. The van der Waals surface area contributed by atoms with Crippen LogP contribution in [0.5, 0.6) is 0 Å². The minimum atomic E-state index is 0.166. The number of hydrogen-bond donors (Lipinski definition) is 0. The van der Waals surface area contributed by atoms with Gasteiger partial charge in [0.25, 0.3) is 0 Å². The van der Waals surface area contributed by atoms with E-state index in [-0.39, 0.29) is 5.91 Å². The molecule has 1 aromatic carbocycles. The molecule has 1 saturated heterocycles. The van der Waals surface area contributed by atoms with E-state index in [1.54, 1.807) is 12.4 Å². The SMILES string of the molecule is O=C(Cc1cccnc1)N1CCN(c2cccc(Cl)c2)CC1. The van der Waals surface area contributed by atoms with Crippen molar-refractivity contribution in [2.24, 2.45) is 0 Å². The fraction of sp³-hybridized carbons (Fsp3) is 0.294. The summed E-state index contributed by atoms with van der Waals surface area (Å²) >= 11 is 6.04. The third-order valence-corrected chi connectivity index (χ3v) is 4.12. The van der Waals surface area contributed by atoms with Gasteiger partial charge in [-0.3, -0.25) is 9.78 Å². The number of nitrogens with zero attached hydrogens (tertiary/aromatic N) is 3. The highest BCUT2D eigenvalue weighted by Gasteiger charge is 2.21. The van der Waals surface area contributed by atoms with Crippen LogP contribution in [0.4, 0.5) is 5.69 Å². The largest absolute Gasteiger partial charge is 0.368 e. The first-order valence-electron chi connectivity index (χ1n) is 7.39. The Bertz CT molecular complexity index is 639. The van der Waals surface area contributed by atoms with Crippen molar-refractivity contribution in [2.75, 3.05) is 31.1 Å². The molecule has 2 heterocycles. The molecular formula is C17H18ClN3O. The van der Waals surface area contributed by atoms with E-state index in [1.807, 2.05) is 35.2 Å². The number of carbonyl (C=O) groups excluding carboxylic acids is 1. The maximum atomic E-state index is 12.3. The lowest BCUT2D eigenvalue weighted by atomic mass is 10.1. The molecule has 1 aromatic heterocycles. The monoisotopic (exact) mass is 315 g/mol. The zero-order valence-corrected chi connectivity index (χ0v) is 13.0. The molecular weight excluding hydrogens is 298 g/mol. The third-order valence-electron chi connectivity index (χ3n) is 3.88. The summed E-state index contributed by atoms with van der Waals surface area (Å²) in [5, 5.41) is 0.743. The number of anilines is 1. The van der Waals surface area contributed by atoms with Crippen LogP contribution in [0.1, 0.15) is 5.56 Å². The van der Waals surface area contributed by atoms with Gasteiger partial charge in [0.05, 0.1) is 6.42 Å². The van der Waals surface area contributed by atoms with Crippen LogP contribution in [-0.4, -0.2) is 42.0 Å². The van der Waals surface area contributed by atoms with Gasteiger partial charge < -0.3 is 9.80 Å². The topological polar surface area (TPSA) is 36.4 Å². The molecule has 1 aliphatic rings. The summed E-state index contributed by atoms with van der Waals surface area (Å²) in [4.78, 5) is 20.6. The van der Waals surface area contributed by atoms with Crippen LogP contribution in [0.25, 0.3) is 0 Å². The first-order valence-corrected chi connectivity index (χ1v) is 7.77. The Kier molecular flexibility index (Phi) is 4.59. The molecule has 4 nitrogen and oxygen atoms in total. The number of amides is 1. The summed E-state index contributed by atoms with van der Waals surface area (Å²) < 4.78 is 0. The van der Waals surface area contributed by atoms with Crippen molar-refractivity contribution < 1.29 is 4.79 Å². The van der Waals surface area contributed by atoms with Crippen molar-refractivity contribution in [1.29, 1.82) is 0 Å². The average Bonchev–Trinajstić information content (AvgIpc) is 2.56. The predicted molar refractivity (Wildman–Crippen MR) is 88.2 cm³/mol. The summed E-state index contributed by atoms with van der Waals surface area (Å²) in [6.45, 7) is 3.15. The first-order chi connectivity index (χ1) is 10.7. The zero-order chi connectivity index (χ0) is 15.4. The van der Waals surface area contributed by atoms with Crippen LogP contribution < -0.4 is 4.90 Å². The van der Waals surface area contributed by atoms with Crippen molar-refractivity contribution in [3.63, 3.8) is 0 Å². The molecule has 1 fully saturated rings. The van der Waals surface area contributed by atoms with Crippen LogP contribution in [-0.2, 0) is 11.2 Å². The van der Waals surface area contributed by atoms with Crippen molar-refractivity contribution in [3.8, 4) is 0 Å². The van der Waals surface area contributed by atoms with Crippen LogP contribution in [0.3, 0.4) is 0 Å². The Morgan fingerprint density at radius 2 is 1.95 bits per heavy atom. The number of piperazine rings is 1. The predicted octanol–water partition coefficient (Wildman–Crippen LogP) is 2.63. The number of benzene rings is 1. The second-order valence-corrected chi connectivity index (χ2v) is 5.82. The van der Waals surface area contributed by atoms with E-state index in [0.717, 1.165) is 42.5 Å². The van der Waals surface area contributed by atoms with Gasteiger partial charge in [0, 0.05) is 49.3 Å². The highest BCUT2D eigenvalue weighted by Crippen LogP contribution is 2.20. The molecule has 1 aliphatic heterocycles. The van der Waals surface area contributed by atoms with E-state index in [0.29, 0.717) is 6.42 Å². The molecule has 0 unspecified atom stereocenters. The number of pyridine rings is 1. The van der Waals surface area contributed by atoms with Gasteiger partial charge >= 0.3 is 0 Å². The smallest absolute Gasteiger partial charge is 0.227 e. The van der Waals surface area contributed by atoms with Crippen molar-refractivity contribution in [2.45, 2.75) is 6.42 Å². The normalized spacial score (nSPS) is 15.0. The van der Waals surface area contributed by atoms with Crippen LogP contribution in [0.2, 0.25) is 5.02 Å². The first kappa shape index (κ1) is 14.9. The number of hydrogen-bond acceptors (Lipinski definition) is 3. The fourth-order valence-corrected chi connectivity index (χ4v) is 2.86. The van der Waals surface area contributed by atoms with E-state index in [9.17, 15) is 4.79 Å². The van der Waals surface area contributed by atoms with E-state index in [2.05, 4.69) is 16.0 Å². The molecule has 0 spiro atoms. The zero-order valence-electron chi connectivity index (χ0n) is 12.3. The average molecular weight is 316 g/mol. The van der Waals surface area contributed by atoms with Gasteiger partial charge in [-0.25, -0.2) is 0 Å². The van der Waals surface area contributed by atoms with Crippen LogP contribution in [0.15, 0.2) is 48.8 Å². The van der Waals surface area contributed by atoms with Crippen molar-refractivity contribution in [3.05, 3.63) is 59.4 Å². The second kappa shape index (κ2) is 6.79. The Labute approximate surface area is 135 Å². The Morgan fingerprint density at radius 3 is 2.64 bits per heavy atom. The van der Waals surface area contributed by atoms with Crippen molar-refractivity contribution >= 4 is 23.2 Å².